The van der Waals surface area contributed by atoms with Crippen LogP contribution in [0.1, 0.15) is 12.8 Å². The molecule has 0 aliphatic heterocycles. The summed E-state index contributed by atoms with van der Waals surface area (Å²) < 4.78 is 4.82. The van der Waals surface area contributed by atoms with Crippen LogP contribution in [0.5, 0.6) is 0 Å². The predicted octanol–water partition coefficient (Wildman–Crippen LogP) is 1.80. The van der Waals surface area contributed by atoms with E-state index < -0.39 is 0 Å². The fraction of sp³-hybridized carbons (Fsp3) is 0.571. The van der Waals surface area contributed by atoms with Crippen LogP contribution in [0.2, 0.25) is 0 Å². The van der Waals surface area contributed by atoms with E-state index in [0.717, 1.165) is 19.4 Å². The van der Waals surface area contributed by atoms with E-state index in [4.69, 9.17) is 4.74 Å². The molecule has 0 spiro atoms. The van der Waals surface area contributed by atoms with Gasteiger partial charge in [-0.05, 0) is 19.8 Å². The van der Waals surface area contributed by atoms with Crippen molar-refractivity contribution in [1.82, 2.24) is 0 Å². The van der Waals surface area contributed by atoms with Crippen molar-refractivity contribution in [2.24, 2.45) is 0 Å². The lowest BCUT2D eigenvalue weighted by Crippen LogP contribution is -1.82. The fourth-order valence-electron chi connectivity index (χ4n) is 0.422. The second-order valence-corrected chi connectivity index (χ2v) is 1.54. The van der Waals surface area contributed by atoms with E-state index in [-0.39, 0.29) is 0 Å². The van der Waals surface area contributed by atoms with Gasteiger partial charge in [-0.3, -0.25) is 0 Å². The molecule has 0 aromatic rings. The number of ether oxygens (including phenoxy) is 1. The first kappa shape index (κ1) is 7.70. The zero-order valence-electron chi connectivity index (χ0n) is 5.39. The Morgan fingerprint density at radius 1 is 1.50 bits per heavy atom. The van der Waals surface area contributed by atoms with Gasteiger partial charge in [0.1, 0.15) is 0 Å². The lowest BCUT2D eigenvalue weighted by Gasteiger charge is -1.88. The van der Waals surface area contributed by atoms with E-state index in [1.807, 2.05) is 6.08 Å². The molecule has 0 aromatic carbocycles. The highest BCUT2D eigenvalue weighted by molar-refractivity contribution is 4.81. The molecule has 0 aliphatic carbocycles. The normalized spacial score (nSPS) is 10.8. The van der Waals surface area contributed by atoms with E-state index in [9.17, 15) is 0 Å². The van der Waals surface area contributed by atoms with Gasteiger partial charge in [0.15, 0.2) is 0 Å². The number of hydrogen-bond donors (Lipinski definition) is 0. The lowest BCUT2D eigenvalue weighted by molar-refractivity contribution is 0.204. The molecule has 0 saturated heterocycles. The highest BCUT2D eigenvalue weighted by Crippen LogP contribution is 1.84. The van der Waals surface area contributed by atoms with Gasteiger partial charge in [0.05, 0.1) is 0 Å². The summed E-state index contributed by atoms with van der Waals surface area (Å²) in [4.78, 5) is 0. The Labute approximate surface area is 51.4 Å². The summed E-state index contributed by atoms with van der Waals surface area (Å²) in [5.74, 6) is 0. The van der Waals surface area contributed by atoms with Crippen LogP contribution in [-0.4, -0.2) is 13.7 Å². The van der Waals surface area contributed by atoms with Gasteiger partial charge in [-0.1, -0.05) is 12.2 Å². The second-order valence-electron chi connectivity index (χ2n) is 1.54. The molecule has 0 bridgehead atoms. The number of hydrogen-bond acceptors (Lipinski definition) is 1. The third kappa shape index (κ3) is 5.70. The van der Waals surface area contributed by atoms with E-state index in [2.05, 4.69) is 13.0 Å². The SMILES string of the molecule is [CH2]CC=CCCOC. The first-order chi connectivity index (χ1) is 3.91. The molecule has 1 radical (unpaired) electrons. The molecule has 8 heavy (non-hydrogen) atoms. The van der Waals surface area contributed by atoms with E-state index >= 15 is 0 Å². The molecule has 0 fully saturated rings. The van der Waals surface area contributed by atoms with Gasteiger partial charge in [0, 0.05) is 13.7 Å². The molecule has 0 aliphatic rings. The van der Waals surface area contributed by atoms with Crippen LogP contribution in [0.4, 0.5) is 0 Å². The minimum absolute atomic E-state index is 0.816. The Balaban J connectivity index is 2.80. The average molecular weight is 113 g/mol. The second kappa shape index (κ2) is 6.70. The molecule has 1 nitrogen and oxygen atoms in total. The van der Waals surface area contributed by atoms with Gasteiger partial charge in [0.25, 0.3) is 0 Å². The summed E-state index contributed by atoms with van der Waals surface area (Å²) in [6.45, 7) is 4.47. The standard InChI is InChI=1S/C7H13O/c1-3-4-5-6-7-8-2/h4-5H,1,3,6-7H2,2H3. The van der Waals surface area contributed by atoms with Crippen molar-refractivity contribution in [3.8, 4) is 0 Å². The summed E-state index contributed by atoms with van der Waals surface area (Å²) in [5, 5.41) is 0. The summed E-state index contributed by atoms with van der Waals surface area (Å²) in [7, 11) is 1.71. The van der Waals surface area contributed by atoms with Crippen molar-refractivity contribution in [3.05, 3.63) is 19.1 Å². The minimum Gasteiger partial charge on any atom is -0.384 e. The summed E-state index contributed by atoms with van der Waals surface area (Å²) in [5.41, 5.74) is 0. The molecule has 0 unspecified atom stereocenters. The smallest absolute Gasteiger partial charge is 0.0496 e. The van der Waals surface area contributed by atoms with Gasteiger partial charge >= 0.3 is 0 Å². The molecule has 0 atom stereocenters. The number of rotatable bonds is 4. The van der Waals surface area contributed by atoms with Gasteiger partial charge in [-0.2, -0.15) is 0 Å². The Bertz CT molecular complexity index is 57.4. The maximum atomic E-state index is 4.82. The van der Waals surface area contributed by atoms with E-state index in [1.165, 1.54) is 0 Å². The first-order valence-corrected chi connectivity index (χ1v) is 2.85. The van der Waals surface area contributed by atoms with Gasteiger partial charge < -0.3 is 4.74 Å². The lowest BCUT2D eigenvalue weighted by atomic mass is 10.3. The third-order valence-electron chi connectivity index (χ3n) is 0.822. The van der Waals surface area contributed by atoms with E-state index in [0.29, 0.717) is 0 Å². The van der Waals surface area contributed by atoms with Crippen molar-refractivity contribution < 1.29 is 4.74 Å². The quantitative estimate of drug-likeness (QED) is 0.399. The van der Waals surface area contributed by atoms with Crippen molar-refractivity contribution in [1.29, 1.82) is 0 Å². The highest BCUT2D eigenvalue weighted by atomic mass is 16.5. The molecular formula is C7H13O. The molecule has 0 amide bonds. The maximum absolute atomic E-state index is 4.82. The van der Waals surface area contributed by atoms with Crippen molar-refractivity contribution in [3.63, 3.8) is 0 Å². The highest BCUT2D eigenvalue weighted by Gasteiger charge is 1.73. The fourth-order valence-corrected chi connectivity index (χ4v) is 0.422. The maximum Gasteiger partial charge on any atom is 0.0496 e. The van der Waals surface area contributed by atoms with Crippen LogP contribution in [0.3, 0.4) is 0 Å². The monoisotopic (exact) mass is 113 g/mol. The molecular weight excluding hydrogens is 100 g/mol. The number of methoxy groups -OCH3 is 1. The molecule has 0 heterocycles. The van der Waals surface area contributed by atoms with Crippen LogP contribution in [0.25, 0.3) is 0 Å². The van der Waals surface area contributed by atoms with Crippen molar-refractivity contribution in [2.45, 2.75) is 12.8 Å². The number of allylic oxidation sites excluding steroid dienone is 1. The Hall–Kier alpha value is -0.300. The molecule has 1 heteroatoms. The van der Waals surface area contributed by atoms with Crippen molar-refractivity contribution in [2.75, 3.05) is 13.7 Å². The first-order valence-electron chi connectivity index (χ1n) is 2.85. The van der Waals surface area contributed by atoms with E-state index in [1.54, 1.807) is 7.11 Å². The Kier molecular flexibility index (Phi) is 6.45. The Morgan fingerprint density at radius 2 is 2.25 bits per heavy atom. The summed E-state index contributed by atoms with van der Waals surface area (Å²) >= 11 is 0. The van der Waals surface area contributed by atoms with Gasteiger partial charge in [-0.25, -0.2) is 0 Å². The minimum atomic E-state index is 0.816. The van der Waals surface area contributed by atoms with Crippen LogP contribution in [0, 0.1) is 6.92 Å². The summed E-state index contributed by atoms with van der Waals surface area (Å²) in [6.07, 6.45) is 6.01. The Morgan fingerprint density at radius 3 is 2.75 bits per heavy atom. The van der Waals surface area contributed by atoms with Gasteiger partial charge in [0.2, 0.25) is 0 Å². The molecule has 47 valence electrons. The molecule has 0 rings (SSSR count). The zero-order valence-corrected chi connectivity index (χ0v) is 5.39. The van der Waals surface area contributed by atoms with Crippen LogP contribution < -0.4 is 0 Å². The van der Waals surface area contributed by atoms with Crippen LogP contribution in [-0.2, 0) is 4.74 Å². The van der Waals surface area contributed by atoms with Crippen LogP contribution >= 0.6 is 0 Å². The summed E-state index contributed by atoms with van der Waals surface area (Å²) in [6, 6.07) is 0. The van der Waals surface area contributed by atoms with Crippen molar-refractivity contribution >= 4 is 0 Å². The van der Waals surface area contributed by atoms with Gasteiger partial charge in [-0.15, -0.1) is 0 Å². The molecule has 0 N–H and O–H groups in total. The topological polar surface area (TPSA) is 9.23 Å². The van der Waals surface area contributed by atoms with Crippen LogP contribution in [0.15, 0.2) is 12.2 Å². The average Bonchev–Trinajstić information content (AvgIpc) is 1.81. The zero-order chi connectivity index (χ0) is 6.24. The molecule has 0 aromatic heterocycles. The molecule has 0 saturated carbocycles. The predicted molar refractivity (Wildman–Crippen MR) is 35.6 cm³/mol. The third-order valence-corrected chi connectivity index (χ3v) is 0.822. The largest absolute Gasteiger partial charge is 0.384 e.